The van der Waals surface area contributed by atoms with E-state index in [0.29, 0.717) is 17.4 Å². The van der Waals surface area contributed by atoms with E-state index >= 15 is 0 Å². The maximum atomic E-state index is 12.2. The predicted molar refractivity (Wildman–Crippen MR) is 102 cm³/mol. The number of carbonyl (C=O) groups is 3. The summed E-state index contributed by atoms with van der Waals surface area (Å²) >= 11 is 0. The fraction of sp³-hybridized carbons (Fsp3) is 0.550. The van der Waals surface area contributed by atoms with Crippen LogP contribution in [0.25, 0.3) is 0 Å². The van der Waals surface area contributed by atoms with Crippen molar-refractivity contribution in [1.82, 2.24) is 10.6 Å². The molecule has 1 saturated carbocycles. The average Bonchev–Trinajstić information content (AvgIpc) is 2.71. The maximum Gasteiger partial charge on any atom is 0.325 e. The van der Waals surface area contributed by atoms with Crippen LogP contribution in [0.4, 0.5) is 0 Å². The van der Waals surface area contributed by atoms with Gasteiger partial charge < -0.3 is 24.8 Å². The lowest BCUT2D eigenvalue weighted by Gasteiger charge is -2.29. The molecule has 2 amide bonds. The first kappa shape index (κ1) is 21.5. The zero-order chi connectivity index (χ0) is 20.5. The van der Waals surface area contributed by atoms with E-state index in [0.717, 1.165) is 19.3 Å². The summed E-state index contributed by atoms with van der Waals surface area (Å²) in [5.74, 6) is -0.144. The van der Waals surface area contributed by atoms with E-state index in [2.05, 4.69) is 17.6 Å². The number of amides is 2. The van der Waals surface area contributed by atoms with Crippen LogP contribution in [0.15, 0.2) is 18.2 Å². The molecule has 0 unspecified atom stereocenters. The Bertz CT molecular complexity index is 684. The third-order valence-corrected chi connectivity index (χ3v) is 4.83. The number of rotatable bonds is 8. The Hall–Kier alpha value is -2.77. The quantitative estimate of drug-likeness (QED) is 0.653. The second kappa shape index (κ2) is 10.5. The van der Waals surface area contributed by atoms with Gasteiger partial charge in [0, 0.05) is 17.7 Å². The number of esters is 1. The van der Waals surface area contributed by atoms with E-state index in [4.69, 9.17) is 14.2 Å². The first-order valence-electron chi connectivity index (χ1n) is 9.39. The highest BCUT2D eigenvalue weighted by Gasteiger charge is 2.23. The van der Waals surface area contributed by atoms with E-state index < -0.39 is 11.9 Å². The number of ether oxygens (including phenoxy) is 3. The van der Waals surface area contributed by atoms with Gasteiger partial charge in [0.05, 0.1) is 14.2 Å². The van der Waals surface area contributed by atoms with Crippen LogP contribution in [0, 0.1) is 5.92 Å². The number of methoxy groups -OCH3 is 2. The van der Waals surface area contributed by atoms with Crippen molar-refractivity contribution in [1.29, 1.82) is 0 Å². The van der Waals surface area contributed by atoms with Gasteiger partial charge in [-0.2, -0.15) is 0 Å². The van der Waals surface area contributed by atoms with Crippen molar-refractivity contribution in [3.05, 3.63) is 23.8 Å². The highest BCUT2D eigenvalue weighted by atomic mass is 16.5. The minimum Gasteiger partial charge on any atom is -0.497 e. The second-order valence-electron chi connectivity index (χ2n) is 6.88. The summed E-state index contributed by atoms with van der Waals surface area (Å²) < 4.78 is 15.2. The second-order valence-corrected chi connectivity index (χ2v) is 6.88. The van der Waals surface area contributed by atoms with Gasteiger partial charge in [-0.15, -0.1) is 0 Å². The number of hydrogen-bond donors (Lipinski definition) is 2. The lowest BCUT2D eigenvalue weighted by atomic mass is 9.86. The summed E-state index contributed by atoms with van der Waals surface area (Å²) in [6.07, 6.45) is 4.31. The summed E-state index contributed by atoms with van der Waals surface area (Å²) in [5, 5.41) is 5.37. The first-order valence-corrected chi connectivity index (χ1v) is 9.39. The van der Waals surface area contributed by atoms with Gasteiger partial charge in [0.2, 0.25) is 0 Å². The summed E-state index contributed by atoms with van der Waals surface area (Å²) in [6, 6.07) is 4.82. The van der Waals surface area contributed by atoms with Crippen molar-refractivity contribution in [2.75, 3.05) is 27.4 Å². The molecule has 2 atom stereocenters. The van der Waals surface area contributed by atoms with Crippen LogP contribution in [0.1, 0.15) is 43.0 Å². The molecule has 1 aromatic carbocycles. The molecule has 0 aromatic heterocycles. The van der Waals surface area contributed by atoms with E-state index in [9.17, 15) is 14.4 Å². The molecule has 0 radical (unpaired) electrons. The molecule has 1 fully saturated rings. The Morgan fingerprint density at radius 1 is 1.04 bits per heavy atom. The zero-order valence-electron chi connectivity index (χ0n) is 16.6. The molecule has 0 aliphatic heterocycles. The van der Waals surface area contributed by atoms with Crippen molar-refractivity contribution in [2.24, 2.45) is 5.92 Å². The Morgan fingerprint density at radius 3 is 2.29 bits per heavy atom. The molecular formula is C20H28N2O6. The minimum atomic E-state index is -0.685. The molecule has 1 aromatic rings. The standard InChI is InChI=1S/C20H28N2O6/c1-13-6-4-5-7-17(13)22-18(23)12-28-19(24)11-21-20(25)14-8-15(26-2)10-16(9-14)27-3/h8-10,13,17H,4-7,11-12H2,1-3H3,(H,21,25)(H,22,23)/t13-,17-/m0/s1. The predicted octanol–water partition coefficient (Wildman–Crippen LogP) is 1.67. The van der Waals surface area contributed by atoms with E-state index in [1.165, 1.54) is 32.8 Å². The van der Waals surface area contributed by atoms with Crippen molar-refractivity contribution in [3.8, 4) is 11.5 Å². The molecular weight excluding hydrogens is 364 g/mol. The molecule has 8 nitrogen and oxygen atoms in total. The molecule has 1 aliphatic carbocycles. The van der Waals surface area contributed by atoms with Crippen LogP contribution >= 0.6 is 0 Å². The van der Waals surface area contributed by atoms with Gasteiger partial charge in [-0.05, 0) is 30.9 Å². The maximum absolute atomic E-state index is 12.2. The Kier molecular flexibility index (Phi) is 8.10. The van der Waals surface area contributed by atoms with Crippen molar-refractivity contribution in [3.63, 3.8) is 0 Å². The van der Waals surface area contributed by atoms with Crippen LogP contribution in [-0.2, 0) is 14.3 Å². The summed E-state index contributed by atoms with van der Waals surface area (Å²) in [5.41, 5.74) is 0.285. The van der Waals surface area contributed by atoms with Gasteiger partial charge in [-0.25, -0.2) is 0 Å². The number of carbonyl (C=O) groups excluding carboxylic acids is 3. The number of benzene rings is 1. The van der Waals surface area contributed by atoms with Crippen LogP contribution < -0.4 is 20.1 Å². The minimum absolute atomic E-state index is 0.127. The van der Waals surface area contributed by atoms with Crippen LogP contribution in [0.2, 0.25) is 0 Å². The lowest BCUT2D eigenvalue weighted by Crippen LogP contribution is -2.43. The molecule has 2 N–H and O–H groups in total. The third kappa shape index (κ3) is 6.44. The fourth-order valence-corrected chi connectivity index (χ4v) is 3.17. The van der Waals surface area contributed by atoms with E-state index in [1.807, 2.05) is 0 Å². The average molecular weight is 392 g/mol. The van der Waals surface area contributed by atoms with Crippen LogP contribution in [-0.4, -0.2) is 51.2 Å². The number of nitrogens with one attached hydrogen (secondary N) is 2. The van der Waals surface area contributed by atoms with E-state index in [-0.39, 0.29) is 30.7 Å². The van der Waals surface area contributed by atoms with Gasteiger partial charge in [0.25, 0.3) is 11.8 Å². The Balaban J connectivity index is 1.76. The van der Waals surface area contributed by atoms with Crippen molar-refractivity contribution >= 4 is 17.8 Å². The molecule has 154 valence electrons. The highest BCUT2D eigenvalue weighted by Crippen LogP contribution is 2.24. The largest absolute Gasteiger partial charge is 0.497 e. The Labute approximate surface area is 164 Å². The zero-order valence-corrected chi connectivity index (χ0v) is 16.6. The smallest absolute Gasteiger partial charge is 0.325 e. The van der Waals surface area contributed by atoms with Gasteiger partial charge in [0.15, 0.2) is 6.61 Å². The monoisotopic (exact) mass is 392 g/mol. The molecule has 1 aliphatic rings. The van der Waals surface area contributed by atoms with Gasteiger partial charge in [-0.1, -0.05) is 19.8 Å². The molecule has 0 saturated heterocycles. The summed E-state index contributed by atoms with van der Waals surface area (Å²) in [7, 11) is 2.96. The molecule has 0 spiro atoms. The van der Waals surface area contributed by atoms with Gasteiger partial charge >= 0.3 is 5.97 Å². The molecule has 28 heavy (non-hydrogen) atoms. The van der Waals surface area contributed by atoms with E-state index in [1.54, 1.807) is 6.07 Å². The normalized spacial score (nSPS) is 18.7. The highest BCUT2D eigenvalue weighted by molar-refractivity contribution is 5.96. The molecule has 0 bridgehead atoms. The lowest BCUT2D eigenvalue weighted by molar-refractivity contribution is -0.147. The Morgan fingerprint density at radius 2 is 1.68 bits per heavy atom. The third-order valence-electron chi connectivity index (χ3n) is 4.83. The van der Waals surface area contributed by atoms with Crippen molar-refractivity contribution in [2.45, 2.75) is 38.6 Å². The summed E-state index contributed by atoms with van der Waals surface area (Å²) in [4.78, 5) is 36.0. The summed E-state index contributed by atoms with van der Waals surface area (Å²) in [6.45, 7) is 1.41. The topological polar surface area (TPSA) is 103 Å². The first-order chi connectivity index (χ1) is 13.4. The molecule has 8 heteroatoms. The number of hydrogen-bond acceptors (Lipinski definition) is 6. The van der Waals surface area contributed by atoms with Gasteiger partial charge in [-0.3, -0.25) is 14.4 Å². The van der Waals surface area contributed by atoms with Crippen molar-refractivity contribution < 1.29 is 28.6 Å². The fourth-order valence-electron chi connectivity index (χ4n) is 3.17. The SMILES string of the molecule is COc1cc(OC)cc(C(=O)NCC(=O)OCC(=O)N[C@H]2CCCC[C@@H]2C)c1. The van der Waals surface area contributed by atoms with Crippen LogP contribution in [0.3, 0.4) is 0 Å². The van der Waals surface area contributed by atoms with Crippen LogP contribution in [0.5, 0.6) is 11.5 Å². The molecule has 0 heterocycles. The molecule has 2 rings (SSSR count). The van der Waals surface area contributed by atoms with Gasteiger partial charge in [0.1, 0.15) is 18.0 Å².